The summed E-state index contributed by atoms with van der Waals surface area (Å²) in [7, 11) is 0. The molecule has 0 aromatic carbocycles. The lowest BCUT2D eigenvalue weighted by Crippen LogP contribution is -2.10. The van der Waals surface area contributed by atoms with Crippen LogP contribution in [0.5, 0.6) is 0 Å². The second kappa shape index (κ2) is 15.0. The van der Waals surface area contributed by atoms with Gasteiger partial charge in [0.1, 0.15) is 0 Å². The van der Waals surface area contributed by atoms with Crippen molar-refractivity contribution in [1.82, 2.24) is 0 Å². The lowest BCUT2D eigenvalue weighted by atomic mass is 10.1. The topological polar surface area (TPSA) is 52.6 Å². The van der Waals surface area contributed by atoms with Gasteiger partial charge in [-0.25, -0.2) is 9.59 Å². The summed E-state index contributed by atoms with van der Waals surface area (Å²) in [6.07, 6.45) is 9.82. The fraction of sp³-hybridized carbons (Fsp3) is 0.810. The van der Waals surface area contributed by atoms with Gasteiger partial charge in [-0.1, -0.05) is 66.2 Å². The number of hydrogen-bond acceptors (Lipinski definition) is 4. The van der Waals surface area contributed by atoms with Crippen LogP contribution in [0, 0.1) is 11.8 Å². The van der Waals surface area contributed by atoms with Gasteiger partial charge in [0.15, 0.2) is 0 Å². The Morgan fingerprint density at radius 2 is 1.24 bits per heavy atom. The first-order valence-electron chi connectivity index (χ1n) is 9.85. The zero-order valence-electron chi connectivity index (χ0n) is 16.9. The van der Waals surface area contributed by atoms with Gasteiger partial charge in [-0.2, -0.15) is 0 Å². The van der Waals surface area contributed by atoms with E-state index in [1.165, 1.54) is 18.9 Å². The summed E-state index contributed by atoms with van der Waals surface area (Å²) in [4.78, 5) is 23.5. The third-order valence-corrected chi connectivity index (χ3v) is 3.99. The molecule has 0 atom stereocenters. The van der Waals surface area contributed by atoms with Crippen LogP contribution >= 0.6 is 0 Å². The van der Waals surface area contributed by atoms with Crippen LogP contribution in [-0.4, -0.2) is 25.2 Å². The molecule has 0 saturated carbocycles. The minimum atomic E-state index is -0.463. The maximum Gasteiger partial charge on any atom is 0.333 e. The Balaban J connectivity index is 3.77. The molecule has 0 spiro atoms. The summed E-state index contributed by atoms with van der Waals surface area (Å²) in [5, 5.41) is 0. The lowest BCUT2D eigenvalue weighted by molar-refractivity contribution is -0.141. The molecule has 0 N–H and O–H groups in total. The first-order chi connectivity index (χ1) is 11.8. The van der Waals surface area contributed by atoms with Crippen molar-refractivity contribution in [3.05, 3.63) is 11.6 Å². The maximum absolute atomic E-state index is 11.8. The largest absolute Gasteiger partial charge is 0.463 e. The van der Waals surface area contributed by atoms with Gasteiger partial charge in [-0.15, -0.1) is 0 Å². The molecule has 0 aliphatic carbocycles. The van der Waals surface area contributed by atoms with E-state index >= 15 is 0 Å². The predicted octanol–water partition coefficient (Wildman–Crippen LogP) is 5.45. The molecule has 4 heteroatoms. The van der Waals surface area contributed by atoms with Crippen molar-refractivity contribution in [2.45, 2.75) is 86.0 Å². The van der Waals surface area contributed by atoms with E-state index in [-0.39, 0.29) is 0 Å². The first kappa shape index (κ1) is 23.7. The Morgan fingerprint density at radius 3 is 1.72 bits per heavy atom. The summed E-state index contributed by atoms with van der Waals surface area (Å²) in [6, 6.07) is 0. The highest BCUT2D eigenvalue weighted by atomic mass is 16.5. The van der Waals surface area contributed by atoms with Gasteiger partial charge >= 0.3 is 11.9 Å². The molecule has 0 aromatic rings. The van der Waals surface area contributed by atoms with Gasteiger partial charge in [-0.05, 0) is 31.6 Å². The van der Waals surface area contributed by atoms with Crippen LogP contribution < -0.4 is 0 Å². The van der Waals surface area contributed by atoms with E-state index < -0.39 is 11.9 Å². The quantitative estimate of drug-likeness (QED) is 0.236. The summed E-state index contributed by atoms with van der Waals surface area (Å²) in [5.74, 6) is 0.538. The molecule has 0 rings (SSSR count). The molecule has 0 radical (unpaired) electrons. The van der Waals surface area contributed by atoms with E-state index in [1.54, 1.807) is 6.92 Å². The van der Waals surface area contributed by atoms with E-state index in [9.17, 15) is 9.59 Å². The smallest absolute Gasteiger partial charge is 0.333 e. The summed E-state index contributed by atoms with van der Waals surface area (Å²) < 4.78 is 10.3. The third-order valence-electron chi connectivity index (χ3n) is 3.99. The molecular weight excluding hydrogens is 316 g/mol. The Hall–Kier alpha value is -1.32. The van der Waals surface area contributed by atoms with Crippen LogP contribution in [0.4, 0.5) is 0 Å². The SMILES string of the molecule is CC(=CC(=O)OCCCCCC(C)C)C(=O)OCCCCCC(C)C. The number of carbonyl (C=O) groups is 2. The average Bonchev–Trinajstić information content (AvgIpc) is 2.53. The summed E-state index contributed by atoms with van der Waals surface area (Å²) >= 11 is 0. The van der Waals surface area contributed by atoms with Crippen LogP contribution in [0.15, 0.2) is 11.6 Å². The Labute approximate surface area is 154 Å². The molecule has 4 nitrogen and oxygen atoms in total. The van der Waals surface area contributed by atoms with Gasteiger partial charge in [0, 0.05) is 11.6 Å². The van der Waals surface area contributed by atoms with E-state index in [0.717, 1.165) is 38.5 Å². The standard InChI is InChI=1S/C21H38O4/c1-17(2)12-8-6-10-14-24-20(22)16-19(5)21(23)25-15-11-7-9-13-18(3)4/h16-18H,6-15H2,1-5H3. The highest BCUT2D eigenvalue weighted by Gasteiger charge is 2.09. The van der Waals surface area contributed by atoms with Gasteiger partial charge < -0.3 is 9.47 Å². The van der Waals surface area contributed by atoms with Crippen molar-refractivity contribution in [2.75, 3.05) is 13.2 Å². The first-order valence-corrected chi connectivity index (χ1v) is 9.85. The zero-order chi connectivity index (χ0) is 19.1. The van der Waals surface area contributed by atoms with Crippen LogP contribution in [0.3, 0.4) is 0 Å². The van der Waals surface area contributed by atoms with Gasteiger partial charge in [0.25, 0.3) is 0 Å². The fourth-order valence-corrected chi connectivity index (χ4v) is 2.39. The number of rotatable bonds is 14. The van der Waals surface area contributed by atoms with E-state index in [2.05, 4.69) is 27.7 Å². The molecule has 0 bridgehead atoms. The van der Waals surface area contributed by atoms with Crippen molar-refractivity contribution in [3.8, 4) is 0 Å². The van der Waals surface area contributed by atoms with E-state index in [1.807, 2.05) is 0 Å². The zero-order valence-corrected chi connectivity index (χ0v) is 16.9. The van der Waals surface area contributed by atoms with Crippen LogP contribution in [0.2, 0.25) is 0 Å². The number of ether oxygens (including phenoxy) is 2. The van der Waals surface area contributed by atoms with Gasteiger partial charge in [-0.3, -0.25) is 0 Å². The van der Waals surface area contributed by atoms with Crippen LogP contribution in [0.1, 0.15) is 86.0 Å². The summed E-state index contributed by atoms with van der Waals surface area (Å²) in [5.41, 5.74) is 0.298. The fourth-order valence-electron chi connectivity index (χ4n) is 2.39. The molecule has 0 unspecified atom stereocenters. The minimum absolute atomic E-state index is 0.298. The summed E-state index contributed by atoms with van der Waals surface area (Å²) in [6.45, 7) is 11.2. The average molecular weight is 355 g/mol. The maximum atomic E-state index is 11.8. The van der Waals surface area contributed by atoms with Crippen LogP contribution in [0.25, 0.3) is 0 Å². The van der Waals surface area contributed by atoms with Gasteiger partial charge in [0.2, 0.25) is 0 Å². The van der Waals surface area contributed by atoms with Crippen LogP contribution in [-0.2, 0) is 19.1 Å². The highest BCUT2D eigenvalue weighted by molar-refractivity contribution is 5.95. The van der Waals surface area contributed by atoms with Crippen molar-refractivity contribution >= 4 is 11.9 Å². The molecule has 0 aromatic heterocycles. The number of unbranched alkanes of at least 4 members (excludes halogenated alkanes) is 4. The number of esters is 2. The lowest BCUT2D eigenvalue weighted by Gasteiger charge is -2.07. The van der Waals surface area contributed by atoms with Crippen molar-refractivity contribution in [2.24, 2.45) is 11.8 Å². The van der Waals surface area contributed by atoms with Crippen molar-refractivity contribution in [1.29, 1.82) is 0 Å². The Morgan fingerprint density at radius 1 is 0.760 bits per heavy atom. The Bertz CT molecular complexity index is 397. The van der Waals surface area contributed by atoms with E-state index in [0.29, 0.717) is 30.6 Å². The minimum Gasteiger partial charge on any atom is -0.463 e. The molecule has 0 fully saturated rings. The second-order valence-corrected chi connectivity index (χ2v) is 7.62. The Kier molecular flexibility index (Phi) is 14.2. The molecule has 0 heterocycles. The van der Waals surface area contributed by atoms with Crippen molar-refractivity contribution < 1.29 is 19.1 Å². The molecule has 25 heavy (non-hydrogen) atoms. The van der Waals surface area contributed by atoms with E-state index in [4.69, 9.17) is 9.47 Å². The normalized spacial score (nSPS) is 11.9. The molecule has 0 aliphatic rings. The molecule has 0 amide bonds. The monoisotopic (exact) mass is 354 g/mol. The number of carbonyl (C=O) groups excluding carboxylic acids is 2. The van der Waals surface area contributed by atoms with Gasteiger partial charge in [0.05, 0.1) is 13.2 Å². The number of hydrogen-bond donors (Lipinski definition) is 0. The highest BCUT2D eigenvalue weighted by Crippen LogP contribution is 2.09. The molecule has 0 aliphatic heterocycles. The molecule has 146 valence electrons. The molecular formula is C21H38O4. The third kappa shape index (κ3) is 15.9. The van der Waals surface area contributed by atoms with Crippen molar-refractivity contribution in [3.63, 3.8) is 0 Å². The second-order valence-electron chi connectivity index (χ2n) is 7.62. The molecule has 0 saturated heterocycles. The predicted molar refractivity (Wildman–Crippen MR) is 102 cm³/mol.